The van der Waals surface area contributed by atoms with Crippen molar-refractivity contribution in [2.24, 2.45) is 0 Å². The largest absolute Gasteiger partial charge is 1.00 e. The van der Waals surface area contributed by atoms with Crippen LogP contribution < -0.4 is 28.1 Å². The molecule has 0 spiro atoms. The summed E-state index contributed by atoms with van der Waals surface area (Å²) in [6.07, 6.45) is 10.3. The Morgan fingerprint density at radius 3 is 1.88 bits per heavy atom. The summed E-state index contributed by atoms with van der Waals surface area (Å²) < 4.78 is 7.14. The first-order valence-corrected chi connectivity index (χ1v) is 15.6. The van der Waals surface area contributed by atoms with Crippen LogP contribution in [-0.4, -0.2) is 4.21 Å². The second-order valence-corrected chi connectivity index (χ2v) is 16.7. The fraction of sp³-hybridized carbons (Fsp3) is 0.414. The molecule has 0 unspecified atom stereocenters. The fourth-order valence-corrected chi connectivity index (χ4v) is 11.0. The Labute approximate surface area is 215 Å². The van der Waals surface area contributed by atoms with Crippen molar-refractivity contribution in [2.75, 3.05) is 0 Å². The van der Waals surface area contributed by atoms with Crippen LogP contribution in [0.3, 0.4) is 0 Å². The van der Waals surface area contributed by atoms with Crippen molar-refractivity contribution in [3.05, 3.63) is 75.9 Å². The third-order valence-corrected chi connectivity index (χ3v) is 13.1. The van der Waals surface area contributed by atoms with E-state index < -0.39 is 21.3 Å². The van der Waals surface area contributed by atoms with Gasteiger partial charge in [-0.1, -0.05) is 0 Å². The Morgan fingerprint density at radius 1 is 0.812 bits per heavy atom. The maximum absolute atomic E-state index is 4.88. The van der Waals surface area contributed by atoms with Crippen LogP contribution in [-0.2, 0) is 38.5 Å². The first kappa shape index (κ1) is 27.5. The van der Waals surface area contributed by atoms with Crippen LogP contribution in [0.15, 0.2) is 42.5 Å². The summed E-state index contributed by atoms with van der Waals surface area (Å²) in [5.41, 5.74) is 12.3. The molecule has 0 amide bonds. The third-order valence-electron chi connectivity index (χ3n) is 6.89. The van der Waals surface area contributed by atoms with Gasteiger partial charge in [0.15, 0.2) is 0 Å². The average Bonchev–Trinajstić information content (AvgIpc) is 3.25. The van der Waals surface area contributed by atoms with Crippen molar-refractivity contribution < 1.29 is 46.1 Å². The van der Waals surface area contributed by atoms with E-state index in [2.05, 4.69) is 97.9 Å². The smallest absolute Gasteiger partial charge is 1.00 e. The second-order valence-electron chi connectivity index (χ2n) is 11.3. The number of halogens is 2. The van der Waals surface area contributed by atoms with E-state index in [4.69, 9.17) is 4.21 Å². The zero-order valence-corrected chi connectivity index (χ0v) is 24.8. The van der Waals surface area contributed by atoms with E-state index in [0.29, 0.717) is 3.63 Å². The number of fused-ring (bicyclic) bond motifs is 3. The maximum atomic E-state index is 4.88. The van der Waals surface area contributed by atoms with Gasteiger partial charge in [0, 0.05) is 0 Å². The van der Waals surface area contributed by atoms with Gasteiger partial charge in [0.2, 0.25) is 0 Å². The molecule has 0 aliphatic heterocycles. The zero-order valence-electron chi connectivity index (χ0n) is 20.8. The van der Waals surface area contributed by atoms with Crippen molar-refractivity contribution in [2.45, 2.75) is 76.3 Å². The first-order valence-electron chi connectivity index (χ1n) is 11.2. The van der Waals surface area contributed by atoms with Crippen LogP contribution >= 0.6 is 0 Å². The quantitative estimate of drug-likeness (QED) is 0.451. The topological polar surface area (TPSA) is 0 Å². The van der Waals surface area contributed by atoms with Crippen molar-refractivity contribution >= 4 is 7.48 Å². The summed E-state index contributed by atoms with van der Waals surface area (Å²) in [5, 5.41) is 0. The number of allylic oxidation sites excluding steroid dienone is 4. The molecule has 2 aromatic carbocycles. The van der Waals surface area contributed by atoms with Crippen LogP contribution in [0.2, 0.25) is 3.63 Å². The number of aryl methyl sites for hydroxylation is 1. The minimum Gasteiger partial charge on any atom is -1.00 e. The zero-order chi connectivity index (χ0) is 22.0. The Balaban J connectivity index is 0.00000181. The summed E-state index contributed by atoms with van der Waals surface area (Å²) >= 11 is -2.10. The van der Waals surface area contributed by atoms with Gasteiger partial charge in [-0.3, -0.25) is 0 Å². The van der Waals surface area contributed by atoms with Gasteiger partial charge >= 0.3 is 192 Å². The second kappa shape index (κ2) is 9.48. The van der Waals surface area contributed by atoms with E-state index in [1.165, 1.54) is 38.9 Å². The van der Waals surface area contributed by atoms with Crippen LogP contribution in [0.25, 0.3) is 11.1 Å². The molecule has 3 heteroatoms. The summed E-state index contributed by atoms with van der Waals surface area (Å²) in [6.45, 7) is 18.7. The van der Waals surface area contributed by atoms with Gasteiger partial charge < -0.3 is 24.8 Å². The molecule has 0 N–H and O–H groups in total. The van der Waals surface area contributed by atoms with Crippen LogP contribution in [0, 0.1) is 13.8 Å². The van der Waals surface area contributed by atoms with Gasteiger partial charge in [0.1, 0.15) is 0 Å². The maximum Gasteiger partial charge on any atom is -1.00 e. The molecule has 2 aliphatic rings. The molecule has 2 aliphatic carbocycles. The average molecular weight is 547 g/mol. The molecule has 0 heterocycles. The van der Waals surface area contributed by atoms with E-state index in [-0.39, 0.29) is 35.6 Å². The molecule has 0 saturated carbocycles. The van der Waals surface area contributed by atoms with Crippen LogP contribution in [0.5, 0.6) is 0 Å². The van der Waals surface area contributed by atoms with E-state index in [1.54, 1.807) is 8.83 Å². The Morgan fingerprint density at radius 2 is 1.34 bits per heavy atom. The molecule has 0 aromatic heterocycles. The molecule has 0 atom stereocenters. The van der Waals surface area contributed by atoms with Crippen LogP contribution in [0.4, 0.5) is 0 Å². The van der Waals surface area contributed by atoms with Gasteiger partial charge in [0.25, 0.3) is 0 Å². The van der Waals surface area contributed by atoms with Crippen molar-refractivity contribution in [1.82, 2.24) is 0 Å². The SMILES string of the molecule is [CH2]=[Zr+2]([c]1c(C)c(C(C)(C)C)cc2c1Cc1cc(C)c(C(C)(C)C)cc1-2)[CH]1C=CC=C1.[Cl-].[Cl-]. The molecule has 170 valence electrons. The molecular weight excluding hydrogens is 510 g/mol. The number of hydrogen-bond donors (Lipinski definition) is 0. The van der Waals surface area contributed by atoms with Crippen molar-refractivity contribution in [3.8, 4) is 11.1 Å². The predicted octanol–water partition coefficient (Wildman–Crippen LogP) is 1.07. The number of hydrogen-bond acceptors (Lipinski definition) is 0. The van der Waals surface area contributed by atoms with Gasteiger partial charge in [-0.2, -0.15) is 0 Å². The number of benzene rings is 2. The van der Waals surface area contributed by atoms with Gasteiger partial charge in [0.05, 0.1) is 0 Å². The van der Waals surface area contributed by atoms with Crippen molar-refractivity contribution in [3.63, 3.8) is 0 Å². The minimum absolute atomic E-state index is 0. The summed E-state index contributed by atoms with van der Waals surface area (Å²) in [6, 6.07) is 7.50. The molecule has 0 nitrogen and oxygen atoms in total. The van der Waals surface area contributed by atoms with E-state index >= 15 is 0 Å². The first-order chi connectivity index (χ1) is 13.9. The molecule has 4 rings (SSSR count). The Kier molecular flexibility index (Phi) is 8.15. The van der Waals surface area contributed by atoms with Crippen LogP contribution in [0.1, 0.15) is 74.9 Å². The Bertz CT molecular complexity index is 1110. The molecule has 32 heavy (non-hydrogen) atoms. The molecule has 0 saturated heterocycles. The predicted molar refractivity (Wildman–Crippen MR) is 130 cm³/mol. The minimum atomic E-state index is -2.10. The van der Waals surface area contributed by atoms with E-state index in [9.17, 15) is 0 Å². The summed E-state index contributed by atoms with van der Waals surface area (Å²) in [5.74, 6) is 0. The van der Waals surface area contributed by atoms with Gasteiger partial charge in [-0.05, 0) is 0 Å². The number of rotatable bonds is 2. The van der Waals surface area contributed by atoms with Gasteiger partial charge in [-0.15, -0.1) is 0 Å². The van der Waals surface area contributed by atoms with E-state index in [1.807, 2.05) is 0 Å². The molecular formula is C29H36Cl2Zr. The fourth-order valence-electron chi connectivity index (χ4n) is 5.47. The standard InChI is InChI=1S/C23H29.C5H5.CH2.2ClH.Zr/c1-14-9-16-11-17-10-15(2)21(23(6,7)8)13-19(17)18(16)12-20(14)22(3,4)5;1-2-4-5-3-1;;;;/h9,12-13H,11H2,1-8H3;1-5H;1H2;2*1H;/q;;;;;+2/p-2. The monoisotopic (exact) mass is 544 g/mol. The molecule has 0 fully saturated rings. The van der Waals surface area contributed by atoms with Gasteiger partial charge in [-0.25, -0.2) is 0 Å². The van der Waals surface area contributed by atoms with E-state index in [0.717, 1.165) is 6.42 Å². The Hall–Kier alpha value is -0.747. The third kappa shape index (κ3) is 4.73. The molecule has 0 radical (unpaired) electrons. The summed E-state index contributed by atoms with van der Waals surface area (Å²) in [4.78, 5) is 0. The normalized spacial score (nSPS) is 14.3. The molecule has 0 bridgehead atoms. The van der Waals surface area contributed by atoms with Crippen molar-refractivity contribution in [1.29, 1.82) is 0 Å². The summed E-state index contributed by atoms with van der Waals surface area (Å²) in [7, 11) is 0. The molecule has 2 aromatic rings.